The number of anilines is 1. The minimum absolute atomic E-state index is 0.136. The van der Waals surface area contributed by atoms with E-state index in [-0.39, 0.29) is 31.6 Å². The molecule has 0 radical (unpaired) electrons. The number of urea groups is 1. The summed E-state index contributed by atoms with van der Waals surface area (Å²) in [5.41, 5.74) is 1.28. The van der Waals surface area contributed by atoms with Crippen molar-refractivity contribution in [1.29, 1.82) is 0 Å². The van der Waals surface area contributed by atoms with Gasteiger partial charge in [0.2, 0.25) is 5.91 Å². The van der Waals surface area contributed by atoms with Crippen molar-refractivity contribution >= 4 is 40.8 Å². The van der Waals surface area contributed by atoms with E-state index < -0.39 is 6.03 Å². The molecule has 1 saturated heterocycles. The Labute approximate surface area is 214 Å². The number of nitrogens with zero attached hydrogens (tertiary/aromatic N) is 2. The van der Waals surface area contributed by atoms with Crippen molar-refractivity contribution in [2.45, 2.75) is 32.0 Å². The molecule has 1 atom stereocenters. The number of amides is 3. The van der Waals surface area contributed by atoms with E-state index in [1.807, 2.05) is 36.4 Å². The lowest BCUT2D eigenvalue weighted by molar-refractivity contribution is -0.133. The van der Waals surface area contributed by atoms with Crippen LogP contribution in [-0.2, 0) is 22.6 Å². The highest BCUT2D eigenvalue weighted by Crippen LogP contribution is 2.30. The van der Waals surface area contributed by atoms with Crippen molar-refractivity contribution in [2.24, 2.45) is 0 Å². The zero-order chi connectivity index (χ0) is 24.6. The second kappa shape index (κ2) is 12.1. The number of ether oxygens (including phenoxy) is 1. The summed E-state index contributed by atoms with van der Waals surface area (Å²) in [6.07, 6.45) is 3.18. The van der Waals surface area contributed by atoms with E-state index >= 15 is 0 Å². The number of hydrogen-bond acceptors (Lipinski definition) is 4. The Balaban J connectivity index is 1.52. The molecular weight excluding hydrogens is 489 g/mol. The van der Waals surface area contributed by atoms with Gasteiger partial charge in [0.25, 0.3) is 0 Å². The molecule has 9 heteroatoms. The largest absolute Gasteiger partial charge is 0.467 e. The van der Waals surface area contributed by atoms with Gasteiger partial charge < -0.3 is 24.3 Å². The molecule has 4 rings (SSSR count). The Morgan fingerprint density at radius 1 is 0.943 bits per heavy atom. The Bertz CT molecular complexity index is 1100. The quantitative estimate of drug-likeness (QED) is 0.389. The number of carbonyl (C=O) groups excluding carboxylic acids is 2. The maximum Gasteiger partial charge on any atom is 0.322 e. The second-order valence-corrected chi connectivity index (χ2v) is 9.17. The van der Waals surface area contributed by atoms with Gasteiger partial charge in [-0.15, -0.1) is 0 Å². The van der Waals surface area contributed by atoms with Gasteiger partial charge in [-0.05, 0) is 42.7 Å². The molecule has 1 N–H and O–H groups in total. The first-order chi connectivity index (χ1) is 17.0. The molecule has 0 bridgehead atoms. The maximum atomic E-state index is 13.5. The molecular formula is C26H27Cl2N3O4. The lowest BCUT2D eigenvalue weighted by atomic mass is 10.2. The van der Waals surface area contributed by atoms with E-state index in [0.29, 0.717) is 34.6 Å². The number of benzene rings is 2. The summed E-state index contributed by atoms with van der Waals surface area (Å²) in [6, 6.07) is 17.8. The molecule has 3 amide bonds. The van der Waals surface area contributed by atoms with Crippen LogP contribution in [0.4, 0.5) is 10.5 Å². The average Bonchev–Trinajstić information content (AvgIpc) is 3.56. The van der Waals surface area contributed by atoms with Gasteiger partial charge in [-0.2, -0.15) is 0 Å². The fourth-order valence-corrected chi connectivity index (χ4v) is 4.44. The smallest absolute Gasteiger partial charge is 0.322 e. The minimum Gasteiger partial charge on any atom is -0.467 e. The molecule has 2 aromatic carbocycles. The van der Waals surface area contributed by atoms with Gasteiger partial charge in [-0.1, -0.05) is 59.6 Å². The first-order valence-electron chi connectivity index (χ1n) is 11.4. The maximum absolute atomic E-state index is 13.5. The molecule has 1 unspecified atom stereocenters. The lowest BCUT2D eigenvalue weighted by Gasteiger charge is -2.29. The fourth-order valence-electron chi connectivity index (χ4n) is 3.95. The first-order valence-corrected chi connectivity index (χ1v) is 12.2. The first kappa shape index (κ1) is 25.1. The zero-order valence-corrected chi connectivity index (χ0v) is 20.7. The molecule has 0 saturated carbocycles. The number of carbonyl (C=O) groups is 2. The van der Waals surface area contributed by atoms with Gasteiger partial charge in [-0.25, -0.2) is 4.79 Å². The van der Waals surface area contributed by atoms with Gasteiger partial charge in [0.15, 0.2) is 0 Å². The lowest BCUT2D eigenvalue weighted by Crippen LogP contribution is -2.46. The van der Waals surface area contributed by atoms with Crippen molar-refractivity contribution in [3.05, 3.63) is 88.3 Å². The molecule has 0 aliphatic carbocycles. The van der Waals surface area contributed by atoms with Crippen LogP contribution in [0.1, 0.15) is 24.2 Å². The molecule has 1 aliphatic heterocycles. The van der Waals surface area contributed by atoms with Crippen LogP contribution >= 0.6 is 23.2 Å². The standard InChI is InChI=1S/C26H27Cl2N3O4/c27-22-11-4-12-23(28)25(22)29-26(33)31(17-21-10-6-14-35-21)18-24(32)30(16-20-9-5-13-34-20)15-19-7-2-1-3-8-19/h1-5,7-9,11-13,21H,6,10,14-18H2,(H,29,33). The Kier molecular flexibility index (Phi) is 8.69. The molecule has 1 aromatic heterocycles. The summed E-state index contributed by atoms with van der Waals surface area (Å²) in [4.78, 5) is 29.9. The van der Waals surface area contributed by atoms with E-state index in [1.165, 1.54) is 4.90 Å². The van der Waals surface area contributed by atoms with E-state index in [4.69, 9.17) is 32.4 Å². The second-order valence-electron chi connectivity index (χ2n) is 8.36. The van der Waals surface area contributed by atoms with Crippen molar-refractivity contribution in [3.63, 3.8) is 0 Å². The number of hydrogen-bond donors (Lipinski definition) is 1. The highest BCUT2D eigenvalue weighted by molar-refractivity contribution is 6.39. The summed E-state index contributed by atoms with van der Waals surface area (Å²) in [5, 5.41) is 3.41. The van der Waals surface area contributed by atoms with Crippen LogP contribution in [0.3, 0.4) is 0 Å². The molecule has 2 heterocycles. The third-order valence-electron chi connectivity index (χ3n) is 5.75. The van der Waals surface area contributed by atoms with E-state index in [2.05, 4.69) is 5.32 Å². The number of furan rings is 1. The summed E-state index contributed by atoms with van der Waals surface area (Å²) in [5.74, 6) is 0.441. The molecule has 7 nitrogen and oxygen atoms in total. The van der Waals surface area contributed by atoms with Crippen LogP contribution in [0.15, 0.2) is 71.3 Å². The van der Waals surface area contributed by atoms with Crippen LogP contribution in [-0.4, -0.2) is 47.5 Å². The summed E-state index contributed by atoms with van der Waals surface area (Å²) in [7, 11) is 0. The van der Waals surface area contributed by atoms with Crippen LogP contribution in [0.2, 0.25) is 10.0 Å². The predicted octanol–water partition coefficient (Wildman–Crippen LogP) is 5.83. The van der Waals surface area contributed by atoms with E-state index in [1.54, 1.807) is 35.4 Å². The van der Waals surface area contributed by atoms with Crippen LogP contribution in [0.5, 0.6) is 0 Å². The van der Waals surface area contributed by atoms with Gasteiger partial charge in [-0.3, -0.25) is 4.79 Å². The number of halogens is 2. The van der Waals surface area contributed by atoms with E-state index in [9.17, 15) is 9.59 Å². The van der Waals surface area contributed by atoms with Gasteiger partial charge in [0.1, 0.15) is 12.3 Å². The van der Waals surface area contributed by atoms with Gasteiger partial charge >= 0.3 is 6.03 Å². The zero-order valence-electron chi connectivity index (χ0n) is 19.2. The molecule has 35 heavy (non-hydrogen) atoms. The van der Waals surface area contributed by atoms with Crippen molar-refractivity contribution < 1.29 is 18.7 Å². The minimum atomic E-state index is -0.471. The molecule has 1 fully saturated rings. The number of rotatable bonds is 9. The normalized spacial score (nSPS) is 15.1. The van der Waals surface area contributed by atoms with Crippen molar-refractivity contribution in [1.82, 2.24) is 9.80 Å². The summed E-state index contributed by atoms with van der Waals surface area (Å²) < 4.78 is 11.2. The molecule has 3 aromatic rings. The molecule has 1 aliphatic rings. The highest BCUT2D eigenvalue weighted by atomic mass is 35.5. The van der Waals surface area contributed by atoms with Gasteiger partial charge in [0, 0.05) is 19.7 Å². The van der Waals surface area contributed by atoms with Gasteiger partial charge in [0.05, 0.1) is 34.6 Å². The van der Waals surface area contributed by atoms with E-state index in [0.717, 1.165) is 18.4 Å². The number of nitrogens with one attached hydrogen (secondary N) is 1. The summed E-state index contributed by atoms with van der Waals surface area (Å²) >= 11 is 12.5. The fraction of sp³-hybridized carbons (Fsp3) is 0.308. The van der Waals surface area contributed by atoms with Crippen LogP contribution in [0, 0.1) is 0 Å². The third-order valence-corrected chi connectivity index (χ3v) is 6.38. The Morgan fingerprint density at radius 3 is 2.37 bits per heavy atom. The molecule has 0 spiro atoms. The predicted molar refractivity (Wildman–Crippen MR) is 135 cm³/mol. The number of para-hydroxylation sites is 1. The highest BCUT2D eigenvalue weighted by Gasteiger charge is 2.27. The average molecular weight is 516 g/mol. The van der Waals surface area contributed by atoms with Crippen LogP contribution in [0.25, 0.3) is 0 Å². The monoisotopic (exact) mass is 515 g/mol. The van der Waals surface area contributed by atoms with Crippen molar-refractivity contribution in [2.75, 3.05) is 25.0 Å². The topological polar surface area (TPSA) is 75.0 Å². The van der Waals surface area contributed by atoms with Crippen LogP contribution < -0.4 is 5.32 Å². The Morgan fingerprint density at radius 2 is 1.71 bits per heavy atom. The Hall–Kier alpha value is -3.00. The molecule has 184 valence electrons. The third kappa shape index (κ3) is 7.01. The summed E-state index contributed by atoms with van der Waals surface area (Å²) in [6.45, 7) is 1.45. The SMILES string of the molecule is O=C(CN(CC1CCCO1)C(=O)Nc1c(Cl)cccc1Cl)N(Cc1ccccc1)Cc1ccco1. The van der Waals surface area contributed by atoms with Crippen molar-refractivity contribution in [3.8, 4) is 0 Å².